The third kappa shape index (κ3) is 3.36. The highest BCUT2D eigenvalue weighted by atomic mass is 16.5. The van der Waals surface area contributed by atoms with Gasteiger partial charge >= 0.3 is 0 Å². The molecule has 0 spiro atoms. The molecule has 2 aliphatic heterocycles. The number of benzene rings is 1. The van der Waals surface area contributed by atoms with E-state index in [9.17, 15) is 9.90 Å². The van der Waals surface area contributed by atoms with Crippen LogP contribution in [0, 0.1) is 0 Å². The number of aliphatic hydroxyl groups is 1. The maximum Gasteiger partial charge on any atom is 0.275 e. The molecule has 2 atom stereocenters. The third-order valence-corrected chi connectivity index (χ3v) is 5.01. The monoisotopic (exact) mass is 378 g/mol. The van der Waals surface area contributed by atoms with Gasteiger partial charge in [0.05, 0.1) is 30.5 Å². The molecule has 1 amide bonds. The van der Waals surface area contributed by atoms with E-state index >= 15 is 0 Å². The summed E-state index contributed by atoms with van der Waals surface area (Å²) >= 11 is 0. The number of fused-ring (bicyclic) bond motifs is 1. The van der Waals surface area contributed by atoms with Crippen LogP contribution in [0.2, 0.25) is 0 Å². The van der Waals surface area contributed by atoms with Crippen LogP contribution in [0.15, 0.2) is 71.3 Å². The van der Waals surface area contributed by atoms with Gasteiger partial charge in [0.2, 0.25) is 0 Å². The fourth-order valence-electron chi connectivity index (χ4n) is 3.74. The highest BCUT2D eigenvalue weighted by molar-refractivity contribution is 5.94. The fraction of sp³-hybridized carbons (Fsp3) is 0.286. The van der Waals surface area contributed by atoms with Crippen LogP contribution in [0.5, 0.6) is 0 Å². The summed E-state index contributed by atoms with van der Waals surface area (Å²) < 4.78 is 5.32. The molecule has 0 bridgehead atoms. The smallest absolute Gasteiger partial charge is 0.275 e. The maximum atomic E-state index is 12.8. The molecule has 4 rings (SSSR count). The standard InChI is InChI=1S/C21H22N4O3/c1-24-13-17(25-20(21(24)27)18(26)14-28-12-11-23-25)19(15-7-3-2-4-8-15)16-9-5-6-10-22-16/h2-11,17,19,26H,12-14H2,1H3/b20-18?,23-11-/t17-,19-/m0/s1. The van der Waals surface area contributed by atoms with Crippen LogP contribution < -0.4 is 0 Å². The molecule has 0 radical (unpaired) electrons. The number of rotatable bonds is 3. The van der Waals surface area contributed by atoms with E-state index in [1.807, 2.05) is 36.4 Å². The van der Waals surface area contributed by atoms with Gasteiger partial charge in [-0.15, -0.1) is 0 Å². The zero-order chi connectivity index (χ0) is 19.5. The normalized spacial score (nSPS) is 22.3. The number of carbonyl (C=O) groups excluding carboxylic acids is 1. The average molecular weight is 378 g/mol. The average Bonchev–Trinajstić information content (AvgIpc) is 2.71. The zero-order valence-corrected chi connectivity index (χ0v) is 15.6. The number of aliphatic hydroxyl groups excluding tert-OH is 1. The molecule has 0 saturated carbocycles. The number of pyridine rings is 1. The van der Waals surface area contributed by atoms with Crippen molar-refractivity contribution in [2.24, 2.45) is 5.10 Å². The van der Waals surface area contributed by atoms with Gasteiger partial charge in [0.15, 0.2) is 5.70 Å². The number of hydrazone groups is 1. The van der Waals surface area contributed by atoms with Crippen LogP contribution in [0.1, 0.15) is 17.2 Å². The van der Waals surface area contributed by atoms with Crippen LogP contribution >= 0.6 is 0 Å². The summed E-state index contributed by atoms with van der Waals surface area (Å²) in [7, 11) is 1.73. The molecule has 28 heavy (non-hydrogen) atoms. The predicted molar refractivity (Wildman–Crippen MR) is 105 cm³/mol. The molecule has 1 fully saturated rings. The third-order valence-electron chi connectivity index (χ3n) is 5.01. The van der Waals surface area contributed by atoms with Crippen molar-refractivity contribution in [3.63, 3.8) is 0 Å². The van der Waals surface area contributed by atoms with Crippen LogP contribution in [0.4, 0.5) is 0 Å². The lowest BCUT2D eigenvalue weighted by molar-refractivity contribution is -0.132. The molecular weight excluding hydrogens is 356 g/mol. The highest BCUT2D eigenvalue weighted by Gasteiger charge is 2.42. The molecule has 2 aromatic rings. The molecule has 0 aliphatic carbocycles. The van der Waals surface area contributed by atoms with E-state index in [0.717, 1.165) is 11.3 Å². The molecule has 1 aromatic carbocycles. The largest absolute Gasteiger partial charge is 0.507 e. The summed E-state index contributed by atoms with van der Waals surface area (Å²) in [5, 5.41) is 16.6. The van der Waals surface area contributed by atoms with Gasteiger partial charge in [-0.05, 0) is 17.7 Å². The second kappa shape index (κ2) is 7.82. The summed E-state index contributed by atoms with van der Waals surface area (Å²) in [5.41, 5.74) is 2.11. The molecule has 7 nitrogen and oxygen atoms in total. The minimum atomic E-state index is -0.274. The van der Waals surface area contributed by atoms with Crippen molar-refractivity contribution in [1.29, 1.82) is 0 Å². The molecule has 2 aliphatic rings. The van der Waals surface area contributed by atoms with Gasteiger partial charge in [0, 0.05) is 19.8 Å². The lowest BCUT2D eigenvalue weighted by Crippen LogP contribution is -2.54. The Labute approximate surface area is 163 Å². The Bertz CT molecular complexity index is 859. The Hall–Kier alpha value is -3.19. The van der Waals surface area contributed by atoms with E-state index in [4.69, 9.17) is 4.74 Å². The molecule has 3 heterocycles. The maximum absolute atomic E-state index is 12.8. The van der Waals surface area contributed by atoms with E-state index in [1.165, 1.54) is 0 Å². The minimum absolute atomic E-state index is 0.0241. The van der Waals surface area contributed by atoms with E-state index in [0.29, 0.717) is 6.54 Å². The quantitative estimate of drug-likeness (QED) is 0.885. The molecule has 7 heteroatoms. The second-order valence-electron chi connectivity index (χ2n) is 6.85. The number of hydrogen-bond acceptors (Lipinski definition) is 6. The predicted octanol–water partition coefficient (Wildman–Crippen LogP) is 2.14. The first kappa shape index (κ1) is 18.2. The van der Waals surface area contributed by atoms with Gasteiger partial charge in [0.1, 0.15) is 12.4 Å². The van der Waals surface area contributed by atoms with Crippen molar-refractivity contribution in [3.8, 4) is 0 Å². The number of ether oxygens (including phenoxy) is 1. The van der Waals surface area contributed by atoms with E-state index < -0.39 is 0 Å². The number of aromatic nitrogens is 1. The van der Waals surface area contributed by atoms with Crippen molar-refractivity contribution in [3.05, 3.63) is 77.4 Å². The Morgan fingerprint density at radius 1 is 1.18 bits per heavy atom. The number of likely N-dealkylation sites (N-methyl/N-ethyl adjacent to an activating group) is 1. The van der Waals surface area contributed by atoms with Crippen molar-refractivity contribution in [1.82, 2.24) is 14.9 Å². The topological polar surface area (TPSA) is 78.3 Å². The van der Waals surface area contributed by atoms with Crippen LogP contribution in [0.3, 0.4) is 0 Å². The van der Waals surface area contributed by atoms with E-state index in [1.54, 1.807) is 29.4 Å². The van der Waals surface area contributed by atoms with Gasteiger partial charge in [0.25, 0.3) is 5.91 Å². The lowest BCUT2D eigenvalue weighted by atomic mass is 9.86. The second-order valence-corrected chi connectivity index (χ2v) is 6.85. The Morgan fingerprint density at radius 3 is 2.71 bits per heavy atom. The minimum Gasteiger partial charge on any atom is -0.507 e. The molecule has 0 unspecified atom stereocenters. The van der Waals surface area contributed by atoms with Crippen molar-refractivity contribution >= 4 is 12.1 Å². The lowest BCUT2D eigenvalue weighted by Gasteiger charge is -2.43. The van der Waals surface area contributed by atoms with Crippen molar-refractivity contribution in [2.45, 2.75) is 12.0 Å². The molecule has 1 N–H and O–H groups in total. The first-order valence-electron chi connectivity index (χ1n) is 9.19. The Kier molecular flexibility index (Phi) is 5.08. The number of amides is 1. The van der Waals surface area contributed by atoms with Gasteiger partial charge in [-0.25, -0.2) is 0 Å². The van der Waals surface area contributed by atoms with Crippen LogP contribution in [-0.2, 0) is 9.53 Å². The summed E-state index contributed by atoms with van der Waals surface area (Å²) in [5.74, 6) is -0.520. The van der Waals surface area contributed by atoms with Crippen LogP contribution in [0.25, 0.3) is 0 Å². The molecular formula is C21H22N4O3. The Morgan fingerprint density at radius 2 is 1.96 bits per heavy atom. The highest BCUT2D eigenvalue weighted by Crippen LogP contribution is 2.35. The van der Waals surface area contributed by atoms with E-state index in [2.05, 4.69) is 22.2 Å². The SMILES string of the molecule is CN1C[C@@H]([C@@H](c2ccccc2)c2ccccn2)N2/N=C\COCC(O)=C2C1=O. The van der Waals surface area contributed by atoms with Crippen molar-refractivity contribution in [2.75, 3.05) is 26.8 Å². The Balaban J connectivity index is 1.86. The fourth-order valence-corrected chi connectivity index (χ4v) is 3.74. The first-order chi connectivity index (χ1) is 13.7. The van der Waals surface area contributed by atoms with Crippen molar-refractivity contribution < 1.29 is 14.6 Å². The van der Waals surface area contributed by atoms with Crippen LogP contribution in [-0.4, -0.2) is 65.0 Å². The molecule has 144 valence electrons. The zero-order valence-electron chi connectivity index (χ0n) is 15.6. The first-order valence-corrected chi connectivity index (χ1v) is 9.19. The molecule has 1 aromatic heterocycles. The van der Waals surface area contributed by atoms with E-state index in [-0.39, 0.29) is 42.5 Å². The number of piperazine rings is 1. The summed E-state index contributed by atoms with van der Waals surface area (Å²) in [6.45, 7) is 0.692. The number of hydrogen-bond donors (Lipinski definition) is 1. The summed E-state index contributed by atoms with van der Waals surface area (Å²) in [6, 6.07) is 15.6. The summed E-state index contributed by atoms with van der Waals surface area (Å²) in [6.07, 6.45) is 3.39. The summed E-state index contributed by atoms with van der Waals surface area (Å²) in [4.78, 5) is 19.0. The van der Waals surface area contributed by atoms with Gasteiger partial charge < -0.3 is 14.7 Å². The number of nitrogens with zero attached hydrogens (tertiary/aromatic N) is 4. The van der Waals surface area contributed by atoms with Gasteiger partial charge in [-0.2, -0.15) is 5.10 Å². The van der Waals surface area contributed by atoms with Gasteiger partial charge in [-0.1, -0.05) is 36.4 Å². The van der Waals surface area contributed by atoms with Gasteiger partial charge in [-0.3, -0.25) is 14.8 Å². The molecule has 1 saturated heterocycles. The number of carbonyl (C=O) groups is 1.